The van der Waals surface area contributed by atoms with Gasteiger partial charge in [-0.3, -0.25) is 9.48 Å². The maximum Gasteiger partial charge on any atom is 0.255 e. The maximum atomic E-state index is 10.6. The highest BCUT2D eigenvalue weighted by molar-refractivity contribution is 5.75. The molecule has 0 spiro atoms. The van der Waals surface area contributed by atoms with Gasteiger partial charge in [0, 0.05) is 25.0 Å². The van der Waals surface area contributed by atoms with Gasteiger partial charge in [-0.05, 0) is 30.7 Å². The van der Waals surface area contributed by atoms with E-state index in [1.54, 1.807) is 6.20 Å². The summed E-state index contributed by atoms with van der Waals surface area (Å²) in [4.78, 5) is 10.6. The van der Waals surface area contributed by atoms with Crippen molar-refractivity contribution in [2.75, 3.05) is 6.61 Å². The van der Waals surface area contributed by atoms with Gasteiger partial charge < -0.3 is 15.8 Å². The number of nitrogens with one attached hydrogen (secondary N) is 1. The van der Waals surface area contributed by atoms with Crippen LogP contribution in [0.25, 0.3) is 0 Å². The van der Waals surface area contributed by atoms with Crippen LogP contribution in [0.3, 0.4) is 0 Å². The Morgan fingerprint density at radius 2 is 2.19 bits per heavy atom. The summed E-state index contributed by atoms with van der Waals surface area (Å²) in [5.74, 6) is 0.162. The third-order valence-electron chi connectivity index (χ3n) is 2.98. The molecule has 2 aromatic rings. The Kier molecular flexibility index (Phi) is 5.34. The van der Waals surface area contributed by atoms with Crippen LogP contribution in [0, 0.1) is 0 Å². The number of carbonyl (C=O) groups excluding carboxylic acids is 1. The molecule has 1 aromatic heterocycles. The molecule has 6 heteroatoms. The summed E-state index contributed by atoms with van der Waals surface area (Å²) in [5.41, 5.74) is 6.17. The number of rotatable bonds is 8. The molecule has 0 radical (unpaired) electrons. The first-order chi connectivity index (χ1) is 10.1. The van der Waals surface area contributed by atoms with Gasteiger partial charge in [-0.2, -0.15) is 5.10 Å². The third kappa shape index (κ3) is 5.27. The highest BCUT2D eigenvalue weighted by Gasteiger charge is 2.03. The van der Waals surface area contributed by atoms with Crippen molar-refractivity contribution in [3.05, 3.63) is 48.3 Å². The van der Waals surface area contributed by atoms with Crippen LogP contribution in [-0.4, -0.2) is 28.3 Å². The monoisotopic (exact) mass is 288 g/mol. The fourth-order valence-electron chi connectivity index (χ4n) is 1.90. The average Bonchev–Trinajstić information content (AvgIpc) is 2.97. The summed E-state index contributed by atoms with van der Waals surface area (Å²) in [5, 5.41) is 7.61. The van der Waals surface area contributed by atoms with Crippen molar-refractivity contribution in [1.82, 2.24) is 15.1 Å². The SMILES string of the molecule is CC(Cn1cccn1)NCc1ccc(OCC(N)=O)cc1. The van der Waals surface area contributed by atoms with Crippen molar-refractivity contribution in [2.24, 2.45) is 5.73 Å². The first kappa shape index (κ1) is 15.1. The van der Waals surface area contributed by atoms with Crippen molar-refractivity contribution < 1.29 is 9.53 Å². The number of primary amides is 1. The van der Waals surface area contributed by atoms with Gasteiger partial charge in [-0.15, -0.1) is 0 Å². The lowest BCUT2D eigenvalue weighted by Crippen LogP contribution is -2.30. The molecule has 3 N–H and O–H groups in total. The fraction of sp³-hybridized carbons (Fsp3) is 0.333. The molecule has 0 aliphatic carbocycles. The van der Waals surface area contributed by atoms with E-state index in [-0.39, 0.29) is 6.61 Å². The summed E-state index contributed by atoms with van der Waals surface area (Å²) in [6.45, 7) is 3.61. The van der Waals surface area contributed by atoms with Crippen molar-refractivity contribution >= 4 is 5.91 Å². The molecule has 112 valence electrons. The molecule has 0 aliphatic heterocycles. The van der Waals surface area contributed by atoms with Gasteiger partial charge in [0.15, 0.2) is 6.61 Å². The molecular weight excluding hydrogens is 268 g/mol. The van der Waals surface area contributed by atoms with Crippen LogP contribution in [0.2, 0.25) is 0 Å². The van der Waals surface area contributed by atoms with Crippen LogP contribution in [0.1, 0.15) is 12.5 Å². The van der Waals surface area contributed by atoms with Crippen molar-refractivity contribution in [3.63, 3.8) is 0 Å². The molecule has 2 rings (SSSR count). The van der Waals surface area contributed by atoms with Crippen LogP contribution in [0.5, 0.6) is 5.75 Å². The summed E-state index contributed by atoms with van der Waals surface area (Å²) >= 11 is 0. The number of hydrogen-bond donors (Lipinski definition) is 2. The molecule has 1 aromatic carbocycles. The molecule has 21 heavy (non-hydrogen) atoms. The minimum atomic E-state index is -0.479. The molecule has 1 atom stereocenters. The number of nitrogens with zero attached hydrogens (tertiary/aromatic N) is 2. The summed E-state index contributed by atoms with van der Waals surface area (Å²) < 4.78 is 7.11. The van der Waals surface area contributed by atoms with Gasteiger partial charge in [0.05, 0.1) is 6.54 Å². The second-order valence-corrected chi connectivity index (χ2v) is 4.91. The minimum Gasteiger partial charge on any atom is -0.484 e. The molecule has 1 amide bonds. The van der Waals surface area contributed by atoms with Crippen LogP contribution < -0.4 is 15.8 Å². The van der Waals surface area contributed by atoms with E-state index in [1.165, 1.54) is 0 Å². The maximum absolute atomic E-state index is 10.6. The van der Waals surface area contributed by atoms with E-state index in [0.29, 0.717) is 11.8 Å². The highest BCUT2D eigenvalue weighted by Crippen LogP contribution is 2.12. The lowest BCUT2D eigenvalue weighted by Gasteiger charge is -2.14. The number of hydrogen-bond acceptors (Lipinski definition) is 4. The van der Waals surface area contributed by atoms with Gasteiger partial charge in [0.25, 0.3) is 5.91 Å². The predicted octanol–water partition coefficient (Wildman–Crippen LogP) is 0.925. The Labute approximate surface area is 123 Å². The van der Waals surface area contributed by atoms with Crippen molar-refractivity contribution in [1.29, 1.82) is 0 Å². The number of nitrogens with two attached hydrogens (primary N) is 1. The second-order valence-electron chi connectivity index (χ2n) is 4.91. The molecule has 0 saturated carbocycles. The molecule has 0 saturated heterocycles. The largest absolute Gasteiger partial charge is 0.484 e. The van der Waals surface area contributed by atoms with Crippen LogP contribution in [0.15, 0.2) is 42.7 Å². The molecule has 6 nitrogen and oxygen atoms in total. The Balaban J connectivity index is 1.76. The molecule has 1 unspecified atom stereocenters. The van der Waals surface area contributed by atoms with E-state index in [9.17, 15) is 4.79 Å². The zero-order valence-electron chi connectivity index (χ0n) is 12.0. The molecular formula is C15H20N4O2. The lowest BCUT2D eigenvalue weighted by atomic mass is 10.2. The van der Waals surface area contributed by atoms with E-state index < -0.39 is 5.91 Å². The number of aromatic nitrogens is 2. The summed E-state index contributed by atoms with van der Waals surface area (Å²) in [6, 6.07) is 9.82. The third-order valence-corrected chi connectivity index (χ3v) is 2.98. The van der Waals surface area contributed by atoms with Crippen molar-refractivity contribution in [3.8, 4) is 5.75 Å². The van der Waals surface area contributed by atoms with E-state index >= 15 is 0 Å². The smallest absolute Gasteiger partial charge is 0.255 e. The standard InChI is InChI=1S/C15H20N4O2/c1-12(10-19-8-2-7-18-19)17-9-13-3-5-14(6-4-13)21-11-15(16)20/h2-8,12,17H,9-11H2,1H3,(H2,16,20). The first-order valence-corrected chi connectivity index (χ1v) is 6.84. The van der Waals surface area contributed by atoms with E-state index in [2.05, 4.69) is 17.3 Å². The van der Waals surface area contributed by atoms with Crippen LogP contribution >= 0.6 is 0 Å². The summed E-state index contributed by atoms with van der Waals surface area (Å²) in [7, 11) is 0. The fourth-order valence-corrected chi connectivity index (χ4v) is 1.90. The molecule has 0 fully saturated rings. The first-order valence-electron chi connectivity index (χ1n) is 6.84. The average molecular weight is 288 g/mol. The molecule has 1 heterocycles. The zero-order valence-corrected chi connectivity index (χ0v) is 12.0. The minimum absolute atomic E-state index is 0.0987. The number of benzene rings is 1. The normalized spacial score (nSPS) is 12.0. The second kappa shape index (κ2) is 7.44. The van der Waals surface area contributed by atoms with Crippen molar-refractivity contribution in [2.45, 2.75) is 26.1 Å². The Hall–Kier alpha value is -2.34. The highest BCUT2D eigenvalue weighted by atomic mass is 16.5. The predicted molar refractivity (Wildman–Crippen MR) is 79.7 cm³/mol. The Morgan fingerprint density at radius 3 is 2.81 bits per heavy atom. The van der Waals surface area contributed by atoms with Gasteiger partial charge in [0.1, 0.15) is 5.75 Å². The van der Waals surface area contributed by atoms with E-state index in [1.807, 2.05) is 41.2 Å². The van der Waals surface area contributed by atoms with E-state index in [4.69, 9.17) is 10.5 Å². The lowest BCUT2D eigenvalue weighted by molar-refractivity contribution is -0.119. The topological polar surface area (TPSA) is 82.2 Å². The number of amides is 1. The van der Waals surface area contributed by atoms with Gasteiger partial charge in [-0.1, -0.05) is 12.1 Å². The number of ether oxygens (including phenoxy) is 1. The Bertz CT molecular complexity index is 552. The van der Waals surface area contributed by atoms with Gasteiger partial charge >= 0.3 is 0 Å². The van der Waals surface area contributed by atoms with Crippen LogP contribution in [0.4, 0.5) is 0 Å². The number of carbonyl (C=O) groups is 1. The van der Waals surface area contributed by atoms with E-state index in [0.717, 1.165) is 18.7 Å². The quantitative estimate of drug-likeness (QED) is 0.757. The Morgan fingerprint density at radius 1 is 1.43 bits per heavy atom. The van der Waals surface area contributed by atoms with Gasteiger partial charge in [0.2, 0.25) is 0 Å². The summed E-state index contributed by atoms with van der Waals surface area (Å²) in [6.07, 6.45) is 3.72. The zero-order chi connectivity index (χ0) is 15.1. The van der Waals surface area contributed by atoms with Gasteiger partial charge in [-0.25, -0.2) is 0 Å². The van der Waals surface area contributed by atoms with Crippen LogP contribution in [-0.2, 0) is 17.9 Å². The molecule has 0 aliphatic rings. The molecule has 0 bridgehead atoms.